The average Bonchev–Trinajstić information content (AvgIpc) is 2.51. The molecule has 3 N–H and O–H groups in total. The van der Waals surface area contributed by atoms with E-state index in [0.717, 1.165) is 17.1 Å². The van der Waals surface area contributed by atoms with E-state index in [0.29, 0.717) is 12.2 Å². The maximum absolute atomic E-state index is 12.1. The lowest BCUT2D eigenvalue weighted by Crippen LogP contribution is -3.08. The zero-order valence-corrected chi connectivity index (χ0v) is 14.3. The Balaban J connectivity index is 1.83. The largest absolute Gasteiger partial charge is 0.326 e. The van der Waals surface area contributed by atoms with Crippen LogP contribution in [0, 0.1) is 6.92 Å². The van der Waals surface area contributed by atoms with Crippen LogP contribution in [-0.2, 0) is 16.1 Å². The maximum atomic E-state index is 12.1. The topological polar surface area (TPSA) is 62.6 Å². The summed E-state index contributed by atoms with van der Waals surface area (Å²) in [6.45, 7) is 4.71. The summed E-state index contributed by atoms with van der Waals surface area (Å²) in [6, 6.07) is 15.4. The van der Waals surface area contributed by atoms with E-state index in [1.165, 1.54) is 18.1 Å². The lowest BCUT2D eigenvalue weighted by Gasteiger charge is -2.14. The molecule has 2 rings (SSSR count). The summed E-state index contributed by atoms with van der Waals surface area (Å²) in [5.41, 5.74) is 3.88. The lowest BCUT2D eigenvalue weighted by atomic mass is 10.1. The zero-order chi connectivity index (χ0) is 17.5. The standard InChI is InChI=1S/C19H23N3O2/c1-14-4-6-16(7-5-14)12-22(3)13-19(24)21-18-10-8-17(9-11-18)20-15(2)23/h4-11H,12-13H2,1-3H3,(H,20,23)(H,21,24)/p+1. The first-order chi connectivity index (χ1) is 11.4. The molecule has 0 fully saturated rings. The van der Waals surface area contributed by atoms with Gasteiger partial charge in [0.2, 0.25) is 5.91 Å². The predicted molar refractivity (Wildman–Crippen MR) is 96.0 cm³/mol. The van der Waals surface area contributed by atoms with Crippen molar-refractivity contribution >= 4 is 23.2 Å². The number of benzene rings is 2. The summed E-state index contributed by atoms with van der Waals surface area (Å²) >= 11 is 0. The number of quaternary nitrogens is 1. The highest BCUT2D eigenvalue weighted by molar-refractivity contribution is 5.92. The Labute approximate surface area is 142 Å². The minimum absolute atomic E-state index is 0.0353. The van der Waals surface area contributed by atoms with Crippen molar-refractivity contribution in [1.29, 1.82) is 0 Å². The molecule has 2 aromatic carbocycles. The van der Waals surface area contributed by atoms with Crippen LogP contribution in [0.4, 0.5) is 11.4 Å². The Hall–Kier alpha value is -2.66. The fourth-order valence-electron chi connectivity index (χ4n) is 2.44. The number of hydrogen-bond acceptors (Lipinski definition) is 2. The highest BCUT2D eigenvalue weighted by atomic mass is 16.2. The fraction of sp³-hybridized carbons (Fsp3) is 0.263. The van der Waals surface area contributed by atoms with Gasteiger partial charge in [0, 0.05) is 23.9 Å². The third-order valence-corrected chi connectivity index (χ3v) is 3.58. The van der Waals surface area contributed by atoms with E-state index >= 15 is 0 Å². The van der Waals surface area contributed by atoms with Crippen LogP contribution in [0.3, 0.4) is 0 Å². The number of carbonyl (C=O) groups is 2. The molecule has 126 valence electrons. The van der Waals surface area contributed by atoms with Crippen LogP contribution < -0.4 is 15.5 Å². The Morgan fingerprint density at radius 3 is 2.00 bits per heavy atom. The molecule has 5 nitrogen and oxygen atoms in total. The highest BCUT2D eigenvalue weighted by Gasteiger charge is 2.11. The van der Waals surface area contributed by atoms with Crippen molar-refractivity contribution in [3.63, 3.8) is 0 Å². The third-order valence-electron chi connectivity index (χ3n) is 3.58. The second-order valence-electron chi connectivity index (χ2n) is 6.10. The molecule has 0 saturated heterocycles. The van der Waals surface area contributed by atoms with Crippen LogP contribution in [-0.4, -0.2) is 25.4 Å². The van der Waals surface area contributed by atoms with E-state index in [2.05, 4.69) is 41.8 Å². The summed E-state index contributed by atoms with van der Waals surface area (Å²) in [7, 11) is 2.00. The van der Waals surface area contributed by atoms with Crippen molar-refractivity contribution in [1.82, 2.24) is 0 Å². The van der Waals surface area contributed by atoms with Gasteiger partial charge in [-0.25, -0.2) is 0 Å². The first-order valence-electron chi connectivity index (χ1n) is 7.97. The number of rotatable bonds is 6. The van der Waals surface area contributed by atoms with Gasteiger partial charge in [0.1, 0.15) is 6.54 Å². The normalized spacial score (nSPS) is 11.6. The number of carbonyl (C=O) groups excluding carboxylic acids is 2. The molecule has 0 aliphatic heterocycles. The van der Waals surface area contributed by atoms with Gasteiger partial charge in [0.15, 0.2) is 6.54 Å². The molecule has 0 spiro atoms. The molecular formula is C19H24N3O2+. The average molecular weight is 326 g/mol. The van der Waals surface area contributed by atoms with Gasteiger partial charge in [0.05, 0.1) is 7.05 Å². The number of likely N-dealkylation sites (N-methyl/N-ethyl adjacent to an activating group) is 1. The van der Waals surface area contributed by atoms with Crippen LogP contribution in [0.25, 0.3) is 0 Å². The second kappa shape index (κ2) is 8.26. The minimum atomic E-state index is -0.117. The zero-order valence-electron chi connectivity index (χ0n) is 14.3. The molecule has 0 radical (unpaired) electrons. The SMILES string of the molecule is CC(=O)Nc1ccc(NC(=O)C[NH+](C)Cc2ccc(C)cc2)cc1. The van der Waals surface area contributed by atoms with Crippen molar-refractivity contribution in [2.45, 2.75) is 20.4 Å². The number of amides is 2. The molecule has 0 saturated carbocycles. The van der Waals surface area contributed by atoms with Crippen molar-refractivity contribution < 1.29 is 14.5 Å². The minimum Gasteiger partial charge on any atom is -0.326 e. The molecule has 24 heavy (non-hydrogen) atoms. The van der Waals surface area contributed by atoms with Crippen molar-refractivity contribution in [2.24, 2.45) is 0 Å². The van der Waals surface area contributed by atoms with Gasteiger partial charge in [-0.1, -0.05) is 29.8 Å². The molecule has 1 atom stereocenters. The summed E-state index contributed by atoms with van der Waals surface area (Å²) in [5.74, 6) is -0.153. The molecule has 2 amide bonds. The Morgan fingerprint density at radius 2 is 1.46 bits per heavy atom. The fourth-order valence-corrected chi connectivity index (χ4v) is 2.44. The molecule has 2 aromatic rings. The van der Waals surface area contributed by atoms with Crippen molar-refractivity contribution in [3.8, 4) is 0 Å². The number of hydrogen-bond donors (Lipinski definition) is 3. The molecule has 0 aliphatic rings. The smallest absolute Gasteiger partial charge is 0.279 e. The number of anilines is 2. The first-order valence-corrected chi connectivity index (χ1v) is 7.97. The monoisotopic (exact) mass is 326 g/mol. The van der Waals surface area contributed by atoms with Crippen LogP contribution in [0.15, 0.2) is 48.5 Å². The third kappa shape index (κ3) is 5.85. The molecule has 0 aromatic heterocycles. The van der Waals surface area contributed by atoms with Gasteiger partial charge in [0.25, 0.3) is 5.91 Å². The summed E-state index contributed by atoms with van der Waals surface area (Å²) in [5, 5.41) is 5.57. The highest BCUT2D eigenvalue weighted by Crippen LogP contribution is 2.13. The van der Waals surface area contributed by atoms with Gasteiger partial charge in [-0.3, -0.25) is 9.59 Å². The van der Waals surface area contributed by atoms with E-state index in [1.54, 1.807) is 24.3 Å². The van der Waals surface area contributed by atoms with E-state index in [1.807, 2.05) is 7.05 Å². The molecule has 0 heterocycles. The summed E-state index contributed by atoms with van der Waals surface area (Å²) < 4.78 is 0. The van der Waals surface area contributed by atoms with Gasteiger partial charge >= 0.3 is 0 Å². The van der Waals surface area contributed by atoms with E-state index < -0.39 is 0 Å². The van der Waals surface area contributed by atoms with Gasteiger partial charge in [-0.15, -0.1) is 0 Å². The van der Waals surface area contributed by atoms with E-state index in [4.69, 9.17) is 0 Å². The molecular weight excluding hydrogens is 302 g/mol. The van der Waals surface area contributed by atoms with Gasteiger partial charge < -0.3 is 15.5 Å². The van der Waals surface area contributed by atoms with E-state index in [-0.39, 0.29) is 11.8 Å². The Kier molecular flexibility index (Phi) is 6.09. The van der Waals surface area contributed by atoms with Gasteiger partial charge in [-0.2, -0.15) is 0 Å². The lowest BCUT2D eigenvalue weighted by molar-refractivity contribution is -0.885. The number of aryl methyl sites for hydroxylation is 1. The number of nitrogens with one attached hydrogen (secondary N) is 3. The van der Waals surface area contributed by atoms with Crippen LogP contribution in [0.2, 0.25) is 0 Å². The molecule has 1 unspecified atom stereocenters. The molecule has 5 heteroatoms. The van der Waals surface area contributed by atoms with Crippen LogP contribution in [0.1, 0.15) is 18.1 Å². The van der Waals surface area contributed by atoms with Crippen molar-refractivity contribution in [2.75, 3.05) is 24.2 Å². The summed E-state index contributed by atoms with van der Waals surface area (Å²) in [4.78, 5) is 24.2. The second-order valence-corrected chi connectivity index (χ2v) is 6.10. The first kappa shape index (κ1) is 17.7. The Morgan fingerprint density at radius 1 is 0.917 bits per heavy atom. The quantitative estimate of drug-likeness (QED) is 0.755. The van der Waals surface area contributed by atoms with E-state index in [9.17, 15) is 9.59 Å². The molecule has 0 aliphatic carbocycles. The Bertz CT molecular complexity index is 694. The van der Waals surface area contributed by atoms with Crippen molar-refractivity contribution in [3.05, 3.63) is 59.7 Å². The maximum Gasteiger partial charge on any atom is 0.279 e. The summed E-state index contributed by atoms with van der Waals surface area (Å²) in [6.07, 6.45) is 0. The van der Waals surface area contributed by atoms with Crippen LogP contribution >= 0.6 is 0 Å². The van der Waals surface area contributed by atoms with Gasteiger partial charge in [-0.05, 0) is 31.2 Å². The van der Waals surface area contributed by atoms with Crippen LogP contribution in [0.5, 0.6) is 0 Å². The predicted octanol–water partition coefficient (Wildman–Crippen LogP) is 1.61. The molecule has 0 bridgehead atoms.